The number of anilines is 1. The first-order chi connectivity index (χ1) is 15.0. The van der Waals surface area contributed by atoms with Gasteiger partial charge in [-0.25, -0.2) is 22.5 Å². The lowest BCUT2D eigenvalue weighted by Gasteiger charge is -2.13. The topological polar surface area (TPSA) is 116 Å². The number of hydrogen-bond acceptors (Lipinski definition) is 6. The molecule has 172 valence electrons. The first-order valence-corrected chi connectivity index (χ1v) is 12.9. The molecular formula is C20H23F2IN6O2S. The molecule has 0 saturated heterocycles. The standard InChI is InChI=1S/C20H23F2IN6O2S/c1-10(2)28-32(30,31)6-5-29-16(25-17-18(24)26-20(22)27-19(17)29)9-12-7-13-11(8-15(12)23)3-4-14(13)21/h7-8,10,14,28H,3-6,9H2,1-2H3,(H2,24,26,27). The fraction of sp³-hybridized carbons (Fsp3) is 0.450. The van der Waals surface area contributed by atoms with Crippen molar-refractivity contribution in [1.29, 1.82) is 0 Å². The molecule has 3 N–H and O–H groups in total. The number of imidazole rings is 1. The number of nitrogens with one attached hydrogen (secondary N) is 1. The van der Waals surface area contributed by atoms with E-state index in [0.717, 1.165) is 14.7 Å². The zero-order valence-corrected chi connectivity index (χ0v) is 20.5. The van der Waals surface area contributed by atoms with Gasteiger partial charge in [0.05, 0.1) is 5.75 Å². The second-order valence-corrected chi connectivity index (χ2v) is 11.2. The summed E-state index contributed by atoms with van der Waals surface area (Å²) < 4.78 is 58.0. The molecule has 0 radical (unpaired) electrons. The molecule has 4 rings (SSSR count). The highest BCUT2D eigenvalue weighted by Crippen LogP contribution is 2.36. The van der Waals surface area contributed by atoms with E-state index in [4.69, 9.17) is 5.73 Å². The monoisotopic (exact) mass is 576 g/mol. The largest absolute Gasteiger partial charge is 0.382 e. The van der Waals surface area contributed by atoms with Crippen molar-refractivity contribution in [2.45, 2.75) is 51.9 Å². The Hall–Kier alpha value is -1.93. The molecule has 0 aliphatic heterocycles. The molecule has 0 fully saturated rings. The molecule has 32 heavy (non-hydrogen) atoms. The summed E-state index contributed by atoms with van der Waals surface area (Å²) in [6, 6.07) is 3.56. The molecule has 1 aliphatic carbocycles. The molecule has 2 heterocycles. The van der Waals surface area contributed by atoms with Crippen LogP contribution in [0.15, 0.2) is 12.1 Å². The minimum atomic E-state index is -3.58. The Morgan fingerprint density at radius 2 is 2.06 bits per heavy atom. The number of aryl methyl sites for hydroxylation is 2. The van der Waals surface area contributed by atoms with Gasteiger partial charge in [-0.15, -0.1) is 0 Å². The third-order valence-corrected chi connectivity index (χ3v) is 7.89. The van der Waals surface area contributed by atoms with Crippen LogP contribution in [0, 0.1) is 9.65 Å². The van der Waals surface area contributed by atoms with Crippen molar-refractivity contribution < 1.29 is 17.2 Å². The Labute approximate surface area is 198 Å². The van der Waals surface area contributed by atoms with Crippen LogP contribution in [0.4, 0.5) is 14.6 Å². The normalized spacial score (nSPS) is 16.2. The summed E-state index contributed by atoms with van der Waals surface area (Å²) in [7, 11) is -3.58. The second-order valence-electron chi connectivity index (χ2n) is 8.15. The van der Waals surface area contributed by atoms with Crippen molar-refractivity contribution in [1.82, 2.24) is 24.2 Å². The van der Waals surface area contributed by atoms with Gasteiger partial charge in [0.15, 0.2) is 17.0 Å². The fourth-order valence-corrected chi connectivity index (χ4v) is 5.95. The fourth-order valence-electron chi connectivity index (χ4n) is 3.97. The molecule has 0 spiro atoms. The van der Waals surface area contributed by atoms with Gasteiger partial charge < -0.3 is 10.3 Å². The number of halogens is 3. The maximum atomic E-state index is 14.3. The summed E-state index contributed by atoms with van der Waals surface area (Å²) in [5, 5.41) is 0. The number of benzene rings is 1. The van der Waals surface area contributed by atoms with E-state index in [1.54, 1.807) is 18.4 Å². The van der Waals surface area contributed by atoms with Crippen LogP contribution in [0.25, 0.3) is 11.2 Å². The predicted octanol–water partition coefficient (Wildman–Crippen LogP) is 3.03. The zero-order valence-electron chi connectivity index (χ0n) is 17.6. The van der Waals surface area contributed by atoms with Gasteiger partial charge in [0, 0.05) is 22.6 Å². The van der Waals surface area contributed by atoms with Crippen LogP contribution in [0.3, 0.4) is 0 Å². The predicted molar refractivity (Wildman–Crippen MR) is 126 cm³/mol. The molecule has 3 aromatic rings. The zero-order chi connectivity index (χ0) is 23.2. The van der Waals surface area contributed by atoms with Crippen molar-refractivity contribution >= 4 is 49.6 Å². The van der Waals surface area contributed by atoms with Gasteiger partial charge in [-0.2, -0.15) is 14.4 Å². The molecule has 1 aromatic carbocycles. The van der Waals surface area contributed by atoms with Crippen LogP contribution in [-0.4, -0.2) is 39.7 Å². The Kier molecular flexibility index (Phi) is 6.38. The number of hydrogen-bond donors (Lipinski definition) is 2. The number of rotatable bonds is 7. The van der Waals surface area contributed by atoms with Crippen LogP contribution in [0.2, 0.25) is 0 Å². The van der Waals surface area contributed by atoms with Crippen LogP contribution in [0.1, 0.15) is 49.0 Å². The molecular weight excluding hydrogens is 553 g/mol. The Morgan fingerprint density at radius 1 is 1.31 bits per heavy atom. The Bertz CT molecular complexity index is 1300. The van der Waals surface area contributed by atoms with Crippen LogP contribution < -0.4 is 10.5 Å². The number of nitrogen functional groups attached to an aromatic ring is 1. The van der Waals surface area contributed by atoms with E-state index < -0.39 is 22.3 Å². The minimum Gasteiger partial charge on any atom is -0.382 e. The van der Waals surface area contributed by atoms with E-state index in [1.165, 1.54) is 0 Å². The highest BCUT2D eigenvalue weighted by atomic mass is 127. The molecule has 1 atom stereocenters. The van der Waals surface area contributed by atoms with Crippen LogP contribution in [0.5, 0.6) is 0 Å². The van der Waals surface area contributed by atoms with Crippen LogP contribution in [-0.2, 0) is 29.4 Å². The minimum absolute atomic E-state index is 0.00294. The highest BCUT2D eigenvalue weighted by Gasteiger charge is 2.25. The lowest BCUT2D eigenvalue weighted by atomic mass is 10.0. The number of nitrogens with zero attached hydrogens (tertiary/aromatic N) is 4. The van der Waals surface area contributed by atoms with Crippen molar-refractivity contribution in [3.63, 3.8) is 0 Å². The van der Waals surface area contributed by atoms with E-state index in [9.17, 15) is 17.2 Å². The number of nitrogens with two attached hydrogens (primary N) is 1. The van der Waals surface area contributed by atoms with E-state index >= 15 is 0 Å². The van der Waals surface area contributed by atoms with E-state index in [2.05, 4.69) is 42.3 Å². The average molecular weight is 576 g/mol. The third-order valence-electron chi connectivity index (χ3n) is 5.33. The quantitative estimate of drug-likeness (QED) is 0.330. The van der Waals surface area contributed by atoms with Gasteiger partial charge in [-0.1, -0.05) is 6.07 Å². The summed E-state index contributed by atoms with van der Waals surface area (Å²) in [5.74, 6) is 0.0870. The first-order valence-electron chi connectivity index (χ1n) is 10.2. The third kappa shape index (κ3) is 4.71. The number of alkyl halides is 1. The molecule has 8 nitrogen and oxygen atoms in total. The number of fused-ring (bicyclic) bond motifs is 2. The molecule has 2 aromatic heterocycles. The Balaban J connectivity index is 1.75. The lowest BCUT2D eigenvalue weighted by molar-refractivity contribution is 0.343. The van der Waals surface area contributed by atoms with E-state index in [0.29, 0.717) is 24.2 Å². The molecule has 0 saturated carbocycles. The lowest BCUT2D eigenvalue weighted by Crippen LogP contribution is -2.33. The maximum absolute atomic E-state index is 14.3. The smallest absolute Gasteiger partial charge is 0.312 e. The average Bonchev–Trinajstić information content (AvgIpc) is 3.20. The van der Waals surface area contributed by atoms with Gasteiger partial charge in [0.2, 0.25) is 10.0 Å². The number of aromatic nitrogens is 4. The molecule has 1 aliphatic rings. The van der Waals surface area contributed by atoms with Crippen molar-refractivity contribution in [2.75, 3.05) is 11.5 Å². The van der Waals surface area contributed by atoms with Gasteiger partial charge in [0.1, 0.15) is 12.0 Å². The van der Waals surface area contributed by atoms with E-state index in [1.807, 2.05) is 12.1 Å². The molecule has 1 unspecified atom stereocenters. The Morgan fingerprint density at radius 3 is 2.78 bits per heavy atom. The van der Waals surface area contributed by atoms with Crippen molar-refractivity contribution in [2.24, 2.45) is 0 Å². The molecule has 0 bridgehead atoms. The first kappa shape index (κ1) is 23.2. The van der Waals surface area contributed by atoms with Gasteiger partial charge >= 0.3 is 6.08 Å². The summed E-state index contributed by atoms with van der Waals surface area (Å²) in [6.45, 7) is 3.46. The van der Waals surface area contributed by atoms with Gasteiger partial charge in [-0.05, 0) is 72.0 Å². The van der Waals surface area contributed by atoms with Gasteiger partial charge in [-0.3, -0.25) is 0 Å². The van der Waals surface area contributed by atoms with Crippen molar-refractivity contribution in [3.8, 4) is 0 Å². The second kappa shape index (κ2) is 8.78. The van der Waals surface area contributed by atoms with Gasteiger partial charge in [0.25, 0.3) is 0 Å². The highest BCUT2D eigenvalue weighted by molar-refractivity contribution is 14.1. The van der Waals surface area contributed by atoms with Crippen LogP contribution >= 0.6 is 22.6 Å². The van der Waals surface area contributed by atoms with E-state index in [-0.39, 0.29) is 41.7 Å². The summed E-state index contributed by atoms with van der Waals surface area (Å²) >= 11 is 2.20. The SMILES string of the molecule is CC(C)NS(=O)(=O)CCn1c(Cc2cc3c(cc2I)CCC3F)nc2c(N)nc(F)nc21. The maximum Gasteiger partial charge on any atom is 0.312 e. The van der Waals surface area contributed by atoms with Crippen molar-refractivity contribution in [3.05, 3.63) is 44.3 Å². The number of sulfonamides is 1. The molecule has 12 heteroatoms. The summed E-state index contributed by atoms with van der Waals surface area (Å²) in [6.07, 6.45) is -0.551. The summed E-state index contributed by atoms with van der Waals surface area (Å²) in [4.78, 5) is 11.8. The molecule has 0 amide bonds. The summed E-state index contributed by atoms with van der Waals surface area (Å²) in [5.41, 5.74) is 8.71.